The monoisotopic (exact) mass is 279 g/mol. The second kappa shape index (κ2) is 5.15. The van der Waals surface area contributed by atoms with Crippen molar-refractivity contribution in [3.05, 3.63) is 35.4 Å². The lowest BCUT2D eigenvalue weighted by Crippen LogP contribution is -2.43. The molecule has 0 spiro atoms. The number of likely N-dealkylation sites (tertiary alicyclic amines) is 1. The number of nitrogens with zero attached hydrogens (tertiary/aromatic N) is 1. The van der Waals surface area contributed by atoms with Gasteiger partial charge in [0.2, 0.25) is 5.91 Å². The van der Waals surface area contributed by atoms with Gasteiger partial charge in [-0.1, -0.05) is 24.3 Å². The van der Waals surface area contributed by atoms with Gasteiger partial charge >= 0.3 is 0 Å². The molecule has 1 heterocycles. The van der Waals surface area contributed by atoms with Crippen molar-refractivity contribution in [2.45, 2.75) is 43.9 Å². The van der Waals surface area contributed by atoms with Crippen molar-refractivity contribution in [1.29, 1.82) is 0 Å². The Morgan fingerprint density at radius 1 is 1.25 bits per heavy atom. The van der Waals surface area contributed by atoms with Crippen LogP contribution in [0.4, 0.5) is 8.78 Å². The molecule has 108 valence electrons. The molecule has 2 nitrogen and oxygen atoms in total. The first-order valence-corrected chi connectivity index (χ1v) is 7.28. The van der Waals surface area contributed by atoms with Crippen LogP contribution in [0.1, 0.15) is 42.7 Å². The van der Waals surface area contributed by atoms with Gasteiger partial charge in [-0.15, -0.1) is 0 Å². The SMILES string of the molecule is O=C(C[C@H]1CCc2ccccc21)N1CCC(F)(F)CC1. The Morgan fingerprint density at radius 3 is 2.70 bits per heavy atom. The predicted octanol–water partition coefficient (Wildman–Crippen LogP) is 3.36. The van der Waals surface area contributed by atoms with Crippen LogP contribution in [0.25, 0.3) is 0 Å². The third-order valence-corrected chi connectivity index (χ3v) is 4.53. The van der Waals surface area contributed by atoms with Crippen LogP contribution >= 0.6 is 0 Å². The number of piperidine rings is 1. The highest BCUT2D eigenvalue weighted by Gasteiger charge is 2.36. The Bertz CT molecular complexity index is 505. The standard InChI is InChI=1S/C16H19F2NO/c17-16(18)7-9-19(10-8-16)15(20)11-13-6-5-12-3-1-2-4-14(12)13/h1-4,13H,5-11H2/t13-/m1/s1. The summed E-state index contributed by atoms with van der Waals surface area (Å²) >= 11 is 0. The van der Waals surface area contributed by atoms with E-state index in [0.717, 1.165) is 12.8 Å². The Morgan fingerprint density at radius 2 is 1.95 bits per heavy atom. The van der Waals surface area contributed by atoms with E-state index in [-0.39, 0.29) is 37.8 Å². The number of alkyl halides is 2. The molecule has 0 aromatic heterocycles. The normalized spacial score (nSPS) is 24.5. The Kier molecular flexibility index (Phi) is 3.48. The predicted molar refractivity (Wildman–Crippen MR) is 72.9 cm³/mol. The molecule has 4 heteroatoms. The maximum Gasteiger partial charge on any atom is 0.251 e. The van der Waals surface area contributed by atoms with Crippen LogP contribution in [0.3, 0.4) is 0 Å². The molecule has 0 radical (unpaired) electrons. The quantitative estimate of drug-likeness (QED) is 0.813. The maximum atomic E-state index is 13.1. The van der Waals surface area contributed by atoms with E-state index in [1.54, 1.807) is 4.90 Å². The van der Waals surface area contributed by atoms with Crippen molar-refractivity contribution in [3.63, 3.8) is 0 Å². The van der Waals surface area contributed by atoms with Gasteiger partial charge in [0.1, 0.15) is 0 Å². The zero-order valence-electron chi connectivity index (χ0n) is 11.4. The second-order valence-electron chi connectivity index (χ2n) is 5.88. The number of rotatable bonds is 2. The van der Waals surface area contributed by atoms with Crippen LogP contribution in [0.5, 0.6) is 0 Å². The lowest BCUT2D eigenvalue weighted by molar-refractivity contribution is -0.137. The molecule has 0 unspecified atom stereocenters. The molecule has 1 aromatic rings. The van der Waals surface area contributed by atoms with Gasteiger partial charge in [-0.25, -0.2) is 8.78 Å². The van der Waals surface area contributed by atoms with Crippen molar-refractivity contribution in [2.24, 2.45) is 0 Å². The number of halogens is 2. The lowest BCUT2D eigenvalue weighted by Gasteiger charge is -2.32. The Labute approximate surface area is 117 Å². The van der Waals surface area contributed by atoms with Crippen molar-refractivity contribution in [2.75, 3.05) is 13.1 Å². The summed E-state index contributed by atoms with van der Waals surface area (Å²) in [5.41, 5.74) is 2.60. The van der Waals surface area contributed by atoms with Crippen LogP contribution in [0.15, 0.2) is 24.3 Å². The Balaban J connectivity index is 1.61. The van der Waals surface area contributed by atoms with Crippen LogP contribution in [-0.4, -0.2) is 29.8 Å². The van der Waals surface area contributed by atoms with E-state index in [2.05, 4.69) is 12.1 Å². The zero-order valence-corrected chi connectivity index (χ0v) is 11.4. The summed E-state index contributed by atoms with van der Waals surface area (Å²) in [4.78, 5) is 13.9. The van der Waals surface area contributed by atoms with E-state index in [1.807, 2.05) is 12.1 Å². The molecular formula is C16H19F2NO. The smallest absolute Gasteiger partial charge is 0.251 e. The average molecular weight is 279 g/mol. The van der Waals surface area contributed by atoms with Crippen LogP contribution in [0.2, 0.25) is 0 Å². The third-order valence-electron chi connectivity index (χ3n) is 4.53. The topological polar surface area (TPSA) is 20.3 Å². The number of aryl methyl sites for hydroxylation is 1. The molecular weight excluding hydrogens is 260 g/mol. The molecule has 20 heavy (non-hydrogen) atoms. The minimum absolute atomic E-state index is 0.0298. The number of benzene rings is 1. The fourth-order valence-corrected chi connectivity index (χ4v) is 3.28. The number of carbonyl (C=O) groups excluding carboxylic acids is 1. The number of amides is 1. The first kappa shape index (κ1) is 13.5. The van der Waals surface area contributed by atoms with Gasteiger partial charge in [0.15, 0.2) is 0 Å². The summed E-state index contributed by atoms with van der Waals surface area (Å²) in [5, 5.41) is 0. The summed E-state index contributed by atoms with van der Waals surface area (Å²) in [6.07, 6.45) is 2.09. The highest BCUT2D eigenvalue weighted by molar-refractivity contribution is 5.77. The van der Waals surface area contributed by atoms with Crippen LogP contribution in [0, 0.1) is 0 Å². The van der Waals surface area contributed by atoms with Crippen LogP contribution < -0.4 is 0 Å². The largest absolute Gasteiger partial charge is 0.342 e. The van der Waals surface area contributed by atoms with Gasteiger partial charge in [-0.3, -0.25) is 4.79 Å². The van der Waals surface area contributed by atoms with E-state index in [4.69, 9.17) is 0 Å². The maximum absolute atomic E-state index is 13.1. The molecule has 1 fully saturated rings. The van der Waals surface area contributed by atoms with E-state index in [9.17, 15) is 13.6 Å². The zero-order chi connectivity index (χ0) is 14.2. The van der Waals surface area contributed by atoms with E-state index < -0.39 is 5.92 Å². The summed E-state index contributed by atoms with van der Waals surface area (Å²) in [5.74, 6) is -2.29. The molecule has 1 aliphatic carbocycles. The Hall–Kier alpha value is -1.45. The minimum atomic E-state index is -2.59. The lowest BCUT2D eigenvalue weighted by atomic mass is 9.96. The molecule has 1 saturated heterocycles. The summed E-state index contributed by atoms with van der Waals surface area (Å²) in [6.45, 7) is 0.389. The number of hydrogen-bond acceptors (Lipinski definition) is 1. The fourth-order valence-electron chi connectivity index (χ4n) is 3.28. The first-order valence-electron chi connectivity index (χ1n) is 7.28. The highest BCUT2D eigenvalue weighted by atomic mass is 19.3. The van der Waals surface area contributed by atoms with Gasteiger partial charge in [0, 0.05) is 32.4 Å². The third kappa shape index (κ3) is 2.69. The van der Waals surface area contributed by atoms with Crippen molar-refractivity contribution < 1.29 is 13.6 Å². The second-order valence-corrected chi connectivity index (χ2v) is 5.88. The van der Waals surface area contributed by atoms with Crippen LogP contribution in [-0.2, 0) is 11.2 Å². The van der Waals surface area contributed by atoms with E-state index in [0.29, 0.717) is 6.42 Å². The molecule has 0 N–H and O–H groups in total. The first-order chi connectivity index (χ1) is 9.55. The molecule has 1 amide bonds. The summed E-state index contributed by atoms with van der Waals surface area (Å²) in [7, 11) is 0. The van der Waals surface area contributed by atoms with Gasteiger partial charge in [-0.2, -0.15) is 0 Å². The van der Waals surface area contributed by atoms with Gasteiger partial charge in [0.25, 0.3) is 5.92 Å². The van der Waals surface area contributed by atoms with E-state index in [1.165, 1.54) is 11.1 Å². The van der Waals surface area contributed by atoms with Gasteiger partial charge in [-0.05, 0) is 29.9 Å². The van der Waals surface area contributed by atoms with Gasteiger partial charge in [0.05, 0.1) is 0 Å². The number of carbonyl (C=O) groups is 1. The molecule has 3 rings (SSSR count). The summed E-state index contributed by atoms with van der Waals surface area (Å²) < 4.78 is 26.2. The molecule has 0 saturated carbocycles. The molecule has 1 atom stereocenters. The summed E-state index contributed by atoms with van der Waals surface area (Å²) in [6, 6.07) is 8.23. The molecule has 1 aliphatic heterocycles. The average Bonchev–Trinajstić information content (AvgIpc) is 2.82. The molecule has 2 aliphatic rings. The van der Waals surface area contributed by atoms with E-state index >= 15 is 0 Å². The number of fused-ring (bicyclic) bond motifs is 1. The highest BCUT2D eigenvalue weighted by Crippen LogP contribution is 2.36. The molecule has 1 aromatic carbocycles. The van der Waals surface area contributed by atoms with Crippen molar-refractivity contribution in [3.8, 4) is 0 Å². The molecule has 0 bridgehead atoms. The van der Waals surface area contributed by atoms with Crippen molar-refractivity contribution in [1.82, 2.24) is 4.90 Å². The van der Waals surface area contributed by atoms with Crippen molar-refractivity contribution >= 4 is 5.91 Å². The number of hydrogen-bond donors (Lipinski definition) is 0. The minimum Gasteiger partial charge on any atom is -0.342 e. The fraction of sp³-hybridized carbons (Fsp3) is 0.562. The van der Waals surface area contributed by atoms with Gasteiger partial charge < -0.3 is 4.90 Å².